The van der Waals surface area contributed by atoms with E-state index in [2.05, 4.69) is 146 Å². The van der Waals surface area contributed by atoms with Gasteiger partial charge in [-0.2, -0.15) is 0 Å². The van der Waals surface area contributed by atoms with E-state index in [0.29, 0.717) is 11.8 Å². The third-order valence-corrected chi connectivity index (χ3v) is 12.0. The van der Waals surface area contributed by atoms with Crippen molar-refractivity contribution in [3.63, 3.8) is 0 Å². The molecule has 0 saturated heterocycles. The first kappa shape index (κ1) is 40.2. The second kappa shape index (κ2) is 15.8. The van der Waals surface area contributed by atoms with Gasteiger partial charge in [-0.3, -0.25) is 0 Å². The molecule has 0 spiro atoms. The van der Waals surface area contributed by atoms with Crippen LogP contribution in [0.25, 0.3) is 16.7 Å². The Labute approximate surface area is 343 Å². The summed E-state index contributed by atoms with van der Waals surface area (Å²) in [5.41, 5.74) is 15.4. The molecule has 3 aromatic rings. The monoisotopic (exact) mass is 760 g/mol. The standard InChI is InChI=1S/C53H64N2O2/c1-34(52(2,3)4)27-39(46-25-23-44(54(8)9)32-48(46)56)21-19-37-13-12-14-38(51(37)43-29-41(35-15-16-35)28-42(30-43)36-17-18-36)20-22-40-31-50(53(5,6)7)57-49-33-45(55(10)11)24-26-47(40)49/h19-33,35-36,56H,1,12-18H2,2-11H3/b21-19+,38-20+,39-27-,40-22+. The van der Waals surface area contributed by atoms with Crippen LogP contribution in [0.4, 0.5) is 11.4 Å². The lowest BCUT2D eigenvalue weighted by molar-refractivity contribution is 0.291. The normalized spacial score (nSPS) is 19.2. The molecule has 2 fully saturated rings. The maximum Gasteiger partial charge on any atom is 0.136 e. The highest BCUT2D eigenvalue weighted by Crippen LogP contribution is 2.48. The first-order valence-electron chi connectivity index (χ1n) is 21.1. The molecule has 1 heterocycles. The number of ether oxygens (including phenoxy) is 1. The molecule has 298 valence electrons. The molecule has 3 aromatic carbocycles. The molecule has 0 radical (unpaired) electrons. The zero-order valence-corrected chi connectivity index (χ0v) is 36.2. The molecule has 1 aliphatic heterocycles. The SMILES string of the molecule is C=C(/C=C(/C=C/C1=C(c2cc(C3CC3)cc(C3CC3)c2)C(=C/C=C2\C=C(C(C)(C)C)Oc3cc(N(C)C)ccc32)/CCC1)c1ccc(N(C)C)cc1O)C(C)(C)C. The number of anilines is 2. The first-order chi connectivity index (χ1) is 27.0. The van der Waals surface area contributed by atoms with Crippen molar-refractivity contribution in [3.05, 3.63) is 148 Å². The lowest BCUT2D eigenvalue weighted by Gasteiger charge is -2.29. The molecule has 0 amide bonds. The Morgan fingerprint density at radius 2 is 1.42 bits per heavy atom. The summed E-state index contributed by atoms with van der Waals surface area (Å²) in [7, 11) is 8.15. The molecule has 2 saturated carbocycles. The average molecular weight is 761 g/mol. The number of hydrogen-bond donors (Lipinski definition) is 1. The molecule has 0 unspecified atom stereocenters. The van der Waals surface area contributed by atoms with Gasteiger partial charge in [-0.25, -0.2) is 0 Å². The molecule has 4 nitrogen and oxygen atoms in total. The van der Waals surface area contributed by atoms with Crippen molar-refractivity contribution in [3.8, 4) is 11.5 Å². The van der Waals surface area contributed by atoms with Crippen molar-refractivity contribution in [1.82, 2.24) is 0 Å². The second-order valence-corrected chi connectivity index (χ2v) is 19.2. The van der Waals surface area contributed by atoms with E-state index in [1.165, 1.54) is 64.7 Å². The smallest absolute Gasteiger partial charge is 0.136 e. The minimum absolute atomic E-state index is 0.114. The third kappa shape index (κ3) is 9.27. The molecule has 1 N–H and O–H groups in total. The van der Waals surface area contributed by atoms with Gasteiger partial charge < -0.3 is 19.6 Å². The van der Waals surface area contributed by atoms with Gasteiger partial charge in [-0.1, -0.05) is 96.7 Å². The summed E-state index contributed by atoms with van der Waals surface area (Å²) in [6, 6.07) is 20.1. The van der Waals surface area contributed by atoms with Gasteiger partial charge in [0, 0.05) is 68.2 Å². The van der Waals surface area contributed by atoms with E-state index in [1.54, 1.807) is 0 Å². The zero-order chi connectivity index (χ0) is 40.8. The number of hydrogen-bond acceptors (Lipinski definition) is 4. The van der Waals surface area contributed by atoms with Crippen LogP contribution in [-0.2, 0) is 0 Å². The largest absolute Gasteiger partial charge is 0.507 e. The maximum atomic E-state index is 11.4. The quantitative estimate of drug-likeness (QED) is 0.209. The number of aromatic hydroxyl groups is 1. The topological polar surface area (TPSA) is 35.9 Å². The summed E-state index contributed by atoms with van der Waals surface area (Å²) in [5.74, 6) is 3.51. The van der Waals surface area contributed by atoms with Crippen molar-refractivity contribution in [2.75, 3.05) is 38.0 Å². The molecule has 0 aromatic heterocycles. The number of allylic oxidation sites excluding steroid dienone is 13. The van der Waals surface area contributed by atoms with Crippen LogP contribution in [0.15, 0.2) is 120 Å². The van der Waals surface area contributed by atoms with Crippen LogP contribution in [0.5, 0.6) is 11.5 Å². The Balaban J connectivity index is 1.40. The lowest BCUT2D eigenvalue weighted by atomic mass is 9.80. The first-order valence-corrected chi connectivity index (χ1v) is 21.1. The Morgan fingerprint density at radius 1 is 0.789 bits per heavy atom. The van der Waals surface area contributed by atoms with Crippen molar-refractivity contribution in [2.45, 2.75) is 98.3 Å². The highest BCUT2D eigenvalue weighted by Gasteiger charge is 2.31. The predicted octanol–water partition coefficient (Wildman–Crippen LogP) is 13.8. The second-order valence-electron chi connectivity index (χ2n) is 19.2. The van der Waals surface area contributed by atoms with Crippen molar-refractivity contribution >= 4 is 28.1 Å². The summed E-state index contributed by atoms with van der Waals surface area (Å²) < 4.78 is 6.59. The van der Waals surface area contributed by atoms with Crippen LogP contribution in [0, 0.1) is 10.8 Å². The van der Waals surface area contributed by atoms with Crippen molar-refractivity contribution < 1.29 is 9.84 Å². The number of benzene rings is 3. The van der Waals surface area contributed by atoms with Gasteiger partial charge in [0.05, 0.1) is 0 Å². The molecular formula is C53H64N2O2. The highest BCUT2D eigenvalue weighted by atomic mass is 16.5. The number of phenols is 1. The third-order valence-electron chi connectivity index (χ3n) is 12.0. The Hall–Kier alpha value is -4.96. The fourth-order valence-corrected chi connectivity index (χ4v) is 7.78. The van der Waals surface area contributed by atoms with Gasteiger partial charge in [0.15, 0.2) is 0 Å². The van der Waals surface area contributed by atoms with Crippen molar-refractivity contribution in [1.29, 1.82) is 0 Å². The number of rotatable bonds is 10. The molecule has 4 aliphatic rings. The van der Waals surface area contributed by atoms with Crippen LogP contribution in [0.2, 0.25) is 0 Å². The van der Waals surface area contributed by atoms with Crippen LogP contribution in [-0.4, -0.2) is 33.3 Å². The summed E-state index contributed by atoms with van der Waals surface area (Å²) in [4.78, 5) is 4.15. The van der Waals surface area contributed by atoms with E-state index in [-0.39, 0.29) is 16.6 Å². The van der Waals surface area contributed by atoms with Crippen LogP contribution < -0.4 is 14.5 Å². The Morgan fingerprint density at radius 3 is 2.00 bits per heavy atom. The molecule has 4 heteroatoms. The van der Waals surface area contributed by atoms with Crippen LogP contribution >= 0.6 is 0 Å². The van der Waals surface area contributed by atoms with E-state index < -0.39 is 0 Å². The molecule has 0 bridgehead atoms. The summed E-state index contributed by atoms with van der Waals surface area (Å²) in [6.07, 6.45) is 21.9. The van der Waals surface area contributed by atoms with Gasteiger partial charge in [0.1, 0.15) is 17.3 Å². The molecule has 57 heavy (non-hydrogen) atoms. The zero-order valence-electron chi connectivity index (χ0n) is 36.2. The minimum Gasteiger partial charge on any atom is -0.507 e. The van der Waals surface area contributed by atoms with Gasteiger partial charge in [-0.15, -0.1) is 0 Å². The Bertz CT molecular complexity index is 2220. The van der Waals surface area contributed by atoms with E-state index in [0.717, 1.165) is 64.4 Å². The maximum absolute atomic E-state index is 11.4. The molecule has 0 atom stereocenters. The number of nitrogens with zero attached hydrogens (tertiary/aromatic N) is 2. The fraction of sp³-hybridized carbons (Fsp3) is 0.396. The summed E-state index contributed by atoms with van der Waals surface area (Å²) >= 11 is 0. The minimum atomic E-state index is -0.140. The van der Waals surface area contributed by atoms with E-state index in [4.69, 9.17) is 4.74 Å². The van der Waals surface area contributed by atoms with Gasteiger partial charge in [0.25, 0.3) is 0 Å². The molecule has 7 rings (SSSR count). The van der Waals surface area contributed by atoms with Crippen LogP contribution in [0.3, 0.4) is 0 Å². The molecular weight excluding hydrogens is 697 g/mol. The fourth-order valence-electron chi connectivity index (χ4n) is 7.78. The van der Waals surface area contributed by atoms with Gasteiger partial charge >= 0.3 is 0 Å². The van der Waals surface area contributed by atoms with Gasteiger partial charge in [-0.05, 0) is 143 Å². The average Bonchev–Trinajstić information content (AvgIpc) is 4.08. The van der Waals surface area contributed by atoms with Crippen molar-refractivity contribution in [2.24, 2.45) is 10.8 Å². The van der Waals surface area contributed by atoms with E-state index >= 15 is 0 Å². The number of fused-ring (bicyclic) bond motifs is 1. The number of phenolic OH excluding ortho intramolecular Hbond substituents is 1. The van der Waals surface area contributed by atoms with E-state index in [1.807, 2.05) is 31.1 Å². The summed E-state index contributed by atoms with van der Waals surface area (Å²) in [6.45, 7) is 17.7. The highest BCUT2D eigenvalue weighted by molar-refractivity contribution is 5.89. The van der Waals surface area contributed by atoms with Gasteiger partial charge in [0.2, 0.25) is 0 Å². The summed E-state index contributed by atoms with van der Waals surface area (Å²) in [5, 5.41) is 11.4. The molecule has 3 aliphatic carbocycles. The van der Waals surface area contributed by atoms with E-state index in [9.17, 15) is 5.11 Å². The Kier molecular flexibility index (Phi) is 11.1. The van der Waals surface area contributed by atoms with Crippen LogP contribution in [0.1, 0.15) is 126 Å². The lowest BCUT2D eigenvalue weighted by Crippen LogP contribution is -2.18. The predicted molar refractivity (Wildman–Crippen MR) is 244 cm³/mol.